The Morgan fingerprint density at radius 3 is 2.05 bits per heavy atom. The van der Waals surface area contributed by atoms with E-state index in [1.54, 1.807) is 24.3 Å². The van der Waals surface area contributed by atoms with Gasteiger partial charge in [0.25, 0.3) is 10.0 Å². The van der Waals surface area contributed by atoms with Gasteiger partial charge in [-0.1, -0.05) is 24.1 Å². The number of anilines is 2. The lowest BCUT2D eigenvalue weighted by Gasteiger charge is -2.27. The molecule has 13 heteroatoms. The molecule has 0 aliphatic carbocycles. The number of benzene rings is 3. The third-order valence-electron chi connectivity index (χ3n) is 6.93. The van der Waals surface area contributed by atoms with E-state index in [9.17, 15) is 21.6 Å². The molecule has 4 rings (SSSR count). The number of ether oxygens (including phenoxy) is 3. The highest BCUT2D eigenvalue weighted by Gasteiger charge is 2.31. The van der Waals surface area contributed by atoms with Gasteiger partial charge in [0.15, 0.2) is 11.5 Å². The number of carbonyl (C=O) groups is 1. The zero-order valence-corrected chi connectivity index (χ0v) is 25.6. The Balaban J connectivity index is 1.66. The number of rotatable bonds is 11. The normalized spacial score (nSPS) is 14.2. The van der Waals surface area contributed by atoms with Crippen molar-refractivity contribution in [1.29, 1.82) is 0 Å². The molecule has 1 amide bonds. The molecule has 1 N–H and O–H groups in total. The Labute approximate surface area is 247 Å². The second-order valence-electron chi connectivity index (χ2n) is 9.74. The highest BCUT2D eigenvalue weighted by atomic mass is 32.2. The third kappa shape index (κ3) is 6.63. The van der Waals surface area contributed by atoms with Crippen LogP contribution in [0.15, 0.2) is 70.5 Å². The minimum absolute atomic E-state index is 0.0713. The van der Waals surface area contributed by atoms with Crippen molar-refractivity contribution in [3.63, 3.8) is 0 Å². The van der Waals surface area contributed by atoms with Crippen molar-refractivity contribution in [2.24, 2.45) is 0 Å². The Kier molecular flexibility index (Phi) is 9.64. The average molecular weight is 618 g/mol. The van der Waals surface area contributed by atoms with Gasteiger partial charge in [0.05, 0.1) is 31.9 Å². The molecule has 1 heterocycles. The molecular formula is C29H35N3O8S2. The standard InChI is InChI=1S/C29H35N3O8S2/c1-21-8-11-23(12-9-21)32(41(34,35)24-13-15-25(38-2)27(19-24)40-4)20-29(33)30-22-10-14-26(39-3)28(18-22)42(36,37)31-16-6-5-7-17-31/h8-15,18-19H,5-7,16-17,20H2,1-4H3,(H,30,33). The number of piperidine rings is 1. The number of sulfonamides is 2. The summed E-state index contributed by atoms with van der Waals surface area (Å²) in [7, 11) is -3.92. The molecule has 0 bridgehead atoms. The number of hydrogen-bond acceptors (Lipinski definition) is 8. The lowest BCUT2D eigenvalue weighted by Crippen LogP contribution is -2.38. The number of carbonyl (C=O) groups excluding carboxylic acids is 1. The predicted octanol–water partition coefficient (Wildman–Crippen LogP) is 4.03. The number of amides is 1. The summed E-state index contributed by atoms with van der Waals surface area (Å²) in [4.78, 5) is 13.2. The van der Waals surface area contributed by atoms with Crippen LogP contribution in [0.4, 0.5) is 11.4 Å². The minimum atomic E-state index is -4.25. The number of nitrogens with one attached hydrogen (secondary N) is 1. The topological polar surface area (TPSA) is 132 Å². The van der Waals surface area contributed by atoms with Crippen molar-refractivity contribution < 1.29 is 35.8 Å². The van der Waals surface area contributed by atoms with Crippen molar-refractivity contribution in [2.45, 2.75) is 36.0 Å². The summed E-state index contributed by atoms with van der Waals surface area (Å²) in [5, 5.41) is 2.66. The van der Waals surface area contributed by atoms with Crippen LogP contribution in [0, 0.1) is 6.92 Å². The molecule has 42 heavy (non-hydrogen) atoms. The van der Waals surface area contributed by atoms with Crippen LogP contribution in [0.1, 0.15) is 24.8 Å². The molecule has 1 fully saturated rings. The first kappa shape index (κ1) is 31.1. The van der Waals surface area contributed by atoms with Crippen LogP contribution in [0.25, 0.3) is 0 Å². The van der Waals surface area contributed by atoms with E-state index in [2.05, 4.69) is 5.32 Å². The molecule has 0 atom stereocenters. The summed E-state index contributed by atoms with van der Waals surface area (Å²) in [6.07, 6.45) is 2.49. The maximum absolute atomic E-state index is 13.9. The fraction of sp³-hybridized carbons (Fsp3) is 0.345. The molecule has 11 nitrogen and oxygen atoms in total. The average Bonchev–Trinajstić information content (AvgIpc) is 3.00. The van der Waals surface area contributed by atoms with Gasteiger partial charge >= 0.3 is 0 Å². The number of nitrogens with zero attached hydrogens (tertiary/aromatic N) is 2. The monoisotopic (exact) mass is 617 g/mol. The Morgan fingerprint density at radius 1 is 0.810 bits per heavy atom. The van der Waals surface area contributed by atoms with Crippen LogP contribution >= 0.6 is 0 Å². The van der Waals surface area contributed by atoms with Crippen LogP contribution in [0.5, 0.6) is 17.2 Å². The first-order chi connectivity index (χ1) is 20.0. The lowest BCUT2D eigenvalue weighted by molar-refractivity contribution is -0.114. The maximum atomic E-state index is 13.9. The van der Waals surface area contributed by atoms with E-state index < -0.39 is 32.5 Å². The van der Waals surface area contributed by atoms with Gasteiger partial charge in [-0.2, -0.15) is 4.31 Å². The number of aryl methyl sites for hydroxylation is 1. The summed E-state index contributed by atoms with van der Waals surface area (Å²) in [5.41, 5.74) is 1.37. The van der Waals surface area contributed by atoms with E-state index in [0.29, 0.717) is 18.8 Å². The van der Waals surface area contributed by atoms with Crippen molar-refractivity contribution in [1.82, 2.24) is 4.31 Å². The van der Waals surface area contributed by atoms with Gasteiger partial charge in [-0.15, -0.1) is 0 Å². The molecule has 0 aromatic heterocycles. The van der Waals surface area contributed by atoms with Gasteiger partial charge in [0, 0.05) is 24.8 Å². The summed E-state index contributed by atoms with van der Waals surface area (Å²) < 4.78 is 72.8. The van der Waals surface area contributed by atoms with Crippen LogP contribution in [-0.2, 0) is 24.8 Å². The zero-order valence-electron chi connectivity index (χ0n) is 24.0. The van der Waals surface area contributed by atoms with E-state index in [0.717, 1.165) is 29.1 Å². The highest BCUT2D eigenvalue weighted by molar-refractivity contribution is 7.92. The first-order valence-corrected chi connectivity index (χ1v) is 16.2. The highest BCUT2D eigenvalue weighted by Crippen LogP contribution is 2.33. The van der Waals surface area contributed by atoms with Crippen molar-refractivity contribution >= 4 is 37.3 Å². The fourth-order valence-electron chi connectivity index (χ4n) is 4.66. The summed E-state index contributed by atoms with van der Waals surface area (Å²) in [5.74, 6) is 0.0421. The van der Waals surface area contributed by atoms with Crippen LogP contribution in [-0.4, -0.2) is 68.0 Å². The zero-order chi connectivity index (χ0) is 30.5. The van der Waals surface area contributed by atoms with Crippen molar-refractivity contribution in [2.75, 3.05) is 50.6 Å². The summed E-state index contributed by atoms with van der Waals surface area (Å²) in [6, 6.07) is 15.2. The molecular weight excluding hydrogens is 582 g/mol. The van der Waals surface area contributed by atoms with Gasteiger partial charge in [-0.05, 0) is 62.2 Å². The Morgan fingerprint density at radius 2 is 1.43 bits per heavy atom. The van der Waals surface area contributed by atoms with Gasteiger partial charge in [-0.3, -0.25) is 9.10 Å². The molecule has 0 unspecified atom stereocenters. The smallest absolute Gasteiger partial charge is 0.264 e. The maximum Gasteiger partial charge on any atom is 0.264 e. The molecule has 226 valence electrons. The van der Waals surface area contributed by atoms with Crippen molar-refractivity contribution in [3.05, 3.63) is 66.2 Å². The second kappa shape index (κ2) is 13.0. The van der Waals surface area contributed by atoms with E-state index >= 15 is 0 Å². The van der Waals surface area contributed by atoms with E-state index in [1.807, 2.05) is 6.92 Å². The molecule has 0 spiro atoms. The molecule has 0 radical (unpaired) electrons. The quantitative estimate of drug-likeness (QED) is 0.341. The van der Waals surface area contributed by atoms with Gasteiger partial charge in [-0.25, -0.2) is 16.8 Å². The van der Waals surface area contributed by atoms with Crippen LogP contribution in [0.3, 0.4) is 0 Å². The van der Waals surface area contributed by atoms with Gasteiger partial charge < -0.3 is 19.5 Å². The lowest BCUT2D eigenvalue weighted by atomic mass is 10.2. The van der Waals surface area contributed by atoms with Crippen LogP contribution < -0.4 is 23.8 Å². The summed E-state index contributed by atoms with van der Waals surface area (Å²) in [6.45, 7) is 2.09. The molecule has 1 aliphatic rings. The molecule has 1 aliphatic heterocycles. The van der Waals surface area contributed by atoms with E-state index in [-0.39, 0.29) is 32.7 Å². The fourth-order valence-corrected chi connectivity index (χ4v) is 7.80. The van der Waals surface area contributed by atoms with Gasteiger partial charge in [0.1, 0.15) is 17.2 Å². The molecule has 3 aromatic rings. The number of hydrogen-bond donors (Lipinski definition) is 1. The van der Waals surface area contributed by atoms with Gasteiger partial charge in [0.2, 0.25) is 15.9 Å². The minimum Gasteiger partial charge on any atom is -0.495 e. The third-order valence-corrected chi connectivity index (χ3v) is 10.6. The SMILES string of the molecule is COc1ccc(S(=O)(=O)N(CC(=O)Nc2ccc(OC)c(S(=O)(=O)N3CCCCC3)c2)c2ccc(C)cc2)cc1OC. The molecule has 0 saturated carbocycles. The van der Waals surface area contributed by atoms with E-state index in [1.165, 1.54) is 62.0 Å². The van der Waals surface area contributed by atoms with E-state index in [4.69, 9.17) is 14.2 Å². The van der Waals surface area contributed by atoms with Crippen molar-refractivity contribution in [3.8, 4) is 17.2 Å². The van der Waals surface area contributed by atoms with Crippen LogP contribution in [0.2, 0.25) is 0 Å². The second-order valence-corrected chi connectivity index (χ2v) is 13.5. The molecule has 3 aromatic carbocycles. The molecule has 1 saturated heterocycles. The Hall–Kier alpha value is -3.81. The summed E-state index contributed by atoms with van der Waals surface area (Å²) >= 11 is 0. The largest absolute Gasteiger partial charge is 0.495 e. The Bertz CT molecular complexity index is 1640. The first-order valence-electron chi connectivity index (χ1n) is 13.3. The predicted molar refractivity (Wildman–Crippen MR) is 159 cm³/mol. The number of methoxy groups -OCH3 is 3.